The van der Waals surface area contributed by atoms with Gasteiger partial charge in [-0.3, -0.25) is 9.79 Å². The second kappa shape index (κ2) is 11.3. The van der Waals surface area contributed by atoms with Crippen LogP contribution in [-0.4, -0.2) is 60.1 Å². The molecule has 10 nitrogen and oxygen atoms in total. The van der Waals surface area contributed by atoms with E-state index < -0.39 is 24.0 Å². The Bertz CT molecular complexity index is 661. The summed E-state index contributed by atoms with van der Waals surface area (Å²) in [5.41, 5.74) is 11.2. The van der Waals surface area contributed by atoms with Crippen molar-refractivity contribution in [1.82, 2.24) is 10.2 Å². The summed E-state index contributed by atoms with van der Waals surface area (Å²) >= 11 is 0. The summed E-state index contributed by atoms with van der Waals surface area (Å²) in [6.07, 6.45) is -0.155. The lowest BCUT2D eigenvalue weighted by atomic mass is 10.1. The number of likely N-dealkylation sites (N-methyl/N-ethyl adjacent to an activating group) is 1. The number of aliphatic carboxylic acids is 1. The standard InChI is InChI=1S/C17H25N5O5/c1-22(17(26)27-11-12-6-3-2-4-7-12)10-14(23)21-13(15(24)25)8-5-9-20-16(18)19/h2-4,6-7,13H,5,8-11H2,1H3,(H,21,23)(H,24,25)(H4,18,19,20)/t13-/m0/s1. The van der Waals surface area contributed by atoms with Gasteiger partial charge in [0, 0.05) is 13.6 Å². The third-order valence-corrected chi connectivity index (χ3v) is 3.48. The molecule has 0 aromatic heterocycles. The third kappa shape index (κ3) is 9.10. The molecule has 6 N–H and O–H groups in total. The fraction of sp³-hybridized carbons (Fsp3) is 0.412. The number of nitrogens with two attached hydrogens (primary N) is 2. The third-order valence-electron chi connectivity index (χ3n) is 3.48. The molecule has 0 aliphatic carbocycles. The summed E-state index contributed by atoms with van der Waals surface area (Å²) in [5, 5.41) is 11.5. The zero-order valence-corrected chi connectivity index (χ0v) is 15.1. The Hall–Kier alpha value is -3.30. The van der Waals surface area contributed by atoms with E-state index in [2.05, 4.69) is 10.3 Å². The first-order valence-corrected chi connectivity index (χ1v) is 8.29. The highest BCUT2D eigenvalue weighted by molar-refractivity contribution is 5.86. The van der Waals surface area contributed by atoms with Gasteiger partial charge in [-0.2, -0.15) is 0 Å². The number of guanidine groups is 1. The molecule has 1 rings (SSSR count). The number of carboxylic acids is 1. The molecule has 1 aromatic carbocycles. The highest BCUT2D eigenvalue weighted by Gasteiger charge is 2.21. The molecule has 0 aliphatic rings. The van der Waals surface area contributed by atoms with Crippen molar-refractivity contribution in [2.24, 2.45) is 16.5 Å². The zero-order chi connectivity index (χ0) is 20.2. The monoisotopic (exact) mass is 379 g/mol. The Morgan fingerprint density at radius 1 is 1.26 bits per heavy atom. The van der Waals surface area contributed by atoms with Crippen LogP contribution in [-0.2, 0) is 20.9 Å². The van der Waals surface area contributed by atoms with Gasteiger partial charge in [0.2, 0.25) is 5.91 Å². The molecule has 0 unspecified atom stereocenters. The summed E-state index contributed by atoms with van der Waals surface area (Å²) in [5.74, 6) is -1.87. The van der Waals surface area contributed by atoms with Crippen molar-refractivity contribution in [2.45, 2.75) is 25.5 Å². The van der Waals surface area contributed by atoms with E-state index in [0.29, 0.717) is 6.42 Å². The van der Waals surface area contributed by atoms with E-state index in [-0.39, 0.29) is 32.1 Å². The average Bonchev–Trinajstić information content (AvgIpc) is 2.62. The number of ether oxygens (including phenoxy) is 1. The van der Waals surface area contributed by atoms with Gasteiger partial charge < -0.3 is 31.5 Å². The van der Waals surface area contributed by atoms with Crippen LogP contribution in [0.2, 0.25) is 0 Å². The second-order valence-electron chi connectivity index (χ2n) is 5.80. The molecule has 0 spiro atoms. The minimum absolute atomic E-state index is 0.0776. The molecule has 2 amide bonds. The van der Waals surface area contributed by atoms with E-state index in [1.54, 1.807) is 12.1 Å². The minimum atomic E-state index is -1.18. The fourth-order valence-electron chi connectivity index (χ4n) is 2.11. The molecule has 10 heteroatoms. The molecule has 27 heavy (non-hydrogen) atoms. The highest BCUT2D eigenvalue weighted by Crippen LogP contribution is 2.03. The van der Waals surface area contributed by atoms with E-state index in [9.17, 15) is 19.5 Å². The first-order chi connectivity index (χ1) is 12.8. The van der Waals surface area contributed by atoms with Crippen LogP contribution < -0.4 is 16.8 Å². The maximum atomic E-state index is 12.0. The van der Waals surface area contributed by atoms with Gasteiger partial charge in [0.25, 0.3) is 0 Å². The van der Waals surface area contributed by atoms with E-state index in [1.807, 2.05) is 18.2 Å². The number of hydrogen-bond acceptors (Lipinski definition) is 5. The molecular weight excluding hydrogens is 354 g/mol. The molecule has 0 aliphatic heterocycles. The van der Waals surface area contributed by atoms with Crippen LogP contribution >= 0.6 is 0 Å². The van der Waals surface area contributed by atoms with Crippen molar-refractivity contribution >= 4 is 23.9 Å². The van der Waals surface area contributed by atoms with E-state index >= 15 is 0 Å². The summed E-state index contributed by atoms with van der Waals surface area (Å²) < 4.78 is 5.10. The van der Waals surface area contributed by atoms with E-state index in [0.717, 1.165) is 10.5 Å². The molecule has 0 fully saturated rings. The normalized spacial score (nSPS) is 11.1. The smallest absolute Gasteiger partial charge is 0.410 e. The van der Waals surface area contributed by atoms with Crippen molar-refractivity contribution in [3.8, 4) is 0 Å². The van der Waals surface area contributed by atoms with Crippen molar-refractivity contribution in [2.75, 3.05) is 20.1 Å². The van der Waals surface area contributed by atoms with Gasteiger partial charge in [-0.15, -0.1) is 0 Å². The molecular formula is C17H25N5O5. The van der Waals surface area contributed by atoms with Gasteiger partial charge in [-0.1, -0.05) is 30.3 Å². The number of aliphatic imine (C=N–C) groups is 1. The Kier molecular flexibility index (Phi) is 9.13. The highest BCUT2D eigenvalue weighted by atomic mass is 16.6. The first kappa shape index (κ1) is 21.7. The second-order valence-corrected chi connectivity index (χ2v) is 5.80. The Labute approximate surface area is 157 Å². The molecule has 0 saturated heterocycles. The molecule has 1 atom stereocenters. The summed E-state index contributed by atoms with van der Waals surface area (Å²) in [4.78, 5) is 40.0. The number of nitrogens with zero attached hydrogens (tertiary/aromatic N) is 2. The maximum absolute atomic E-state index is 12.0. The van der Waals surface area contributed by atoms with Gasteiger partial charge in [-0.05, 0) is 18.4 Å². The minimum Gasteiger partial charge on any atom is -0.480 e. The summed E-state index contributed by atoms with van der Waals surface area (Å²) in [6.45, 7) is 0.00712. The van der Waals surface area contributed by atoms with E-state index in [1.165, 1.54) is 7.05 Å². The molecule has 148 valence electrons. The Morgan fingerprint density at radius 3 is 2.52 bits per heavy atom. The van der Waals surface area contributed by atoms with Gasteiger partial charge in [0.05, 0.1) is 0 Å². The number of rotatable bonds is 10. The van der Waals surface area contributed by atoms with Crippen molar-refractivity contribution in [3.05, 3.63) is 35.9 Å². The van der Waals surface area contributed by atoms with Crippen molar-refractivity contribution in [1.29, 1.82) is 0 Å². The molecule has 0 bridgehead atoms. The number of carbonyl (C=O) groups is 3. The number of amides is 2. The van der Waals surface area contributed by atoms with Gasteiger partial charge in [0.15, 0.2) is 5.96 Å². The number of carbonyl (C=O) groups excluding carboxylic acids is 2. The van der Waals surface area contributed by atoms with Gasteiger partial charge >= 0.3 is 12.1 Å². The average molecular weight is 379 g/mol. The molecule has 0 saturated carbocycles. The van der Waals surface area contributed by atoms with Crippen LogP contribution in [0, 0.1) is 0 Å². The van der Waals surface area contributed by atoms with Gasteiger partial charge in [0.1, 0.15) is 19.2 Å². The summed E-state index contributed by atoms with van der Waals surface area (Å²) in [7, 11) is 1.39. The lowest BCUT2D eigenvalue weighted by molar-refractivity contribution is -0.142. The topological polar surface area (TPSA) is 160 Å². The van der Waals surface area contributed by atoms with Crippen LogP contribution in [0.3, 0.4) is 0 Å². The SMILES string of the molecule is CN(CC(=O)N[C@@H](CCCN=C(N)N)C(=O)O)C(=O)OCc1ccccc1. The quantitative estimate of drug-likeness (QED) is 0.250. The largest absolute Gasteiger partial charge is 0.480 e. The predicted octanol–water partition coefficient (Wildman–Crippen LogP) is -0.122. The van der Waals surface area contributed by atoms with Crippen LogP contribution in [0.4, 0.5) is 4.79 Å². The van der Waals surface area contributed by atoms with Crippen LogP contribution in [0.1, 0.15) is 18.4 Å². The Balaban J connectivity index is 2.41. The number of hydrogen-bond donors (Lipinski definition) is 4. The van der Waals surface area contributed by atoms with Crippen molar-refractivity contribution in [3.63, 3.8) is 0 Å². The molecule has 1 aromatic rings. The van der Waals surface area contributed by atoms with E-state index in [4.69, 9.17) is 16.2 Å². The Morgan fingerprint density at radius 2 is 1.93 bits per heavy atom. The lowest BCUT2D eigenvalue weighted by Crippen LogP contribution is -2.46. The maximum Gasteiger partial charge on any atom is 0.410 e. The fourth-order valence-corrected chi connectivity index (χ4v) is 2.11. The number of carboxylic acid groups (broad SMARTS) is 1. The number of nitrogens with one attached hydrogen (secondary N) is 1. The lowest BCUT2D eigenvalue weighted by Gasteiger charge is -2.19. The predicted molar refractivity (Wildman–Crippen MR) is 98.7 cm³/mol. The van der Waals surface area contributed by atoms with Gasteiger partial charge in [-0.25, -0.2) is 9.59 Å². The zero-order valence-electron chi connectivity index (χ0n) is 15.1. The molecule has 0 heterocycles. The van der Waals surface area contributed by atoms with Crippen LogP contribution in [0.15, 0.2) is 35.3 Å². The summed E-state index contributed by atoms with van der Waals surface area (Å²) in [6, 6.07) is 8.00. The molecule has 0 radical (unpaired) electrons. The van der Waals surface area contributed by atoms with Crippen molar-refractivity contribution < 1.29 is 24.2 Å². The van der Waals surface area contributed by atoms with Crippen LogP contribution in [0.5, 0.6) is 0 Å². The first-order valence-electron chi connectivity index (χ1n) is 8.29. The number of benzene rings is 1. The van der Waals surface area contributed by atoms with Crippen LogP contribution in [0.25, 0.3) is 0 Å².